The van der Waals surface area contributed by atoms with Gasteiger partial charge >= 0.3 is 0 Å². The first-order chi connectivity index (χ1) is 8.04. The van der Waals surface area contributed by atoms with Crippen molar-refractivity contribution in [2.24, 2.45) is 0 Å². The molecule has 0 radical (unpaired) electrons. The summed E-state index contributed by atoms with van der Waals surface area (Å²) in [6.07, 6.45) is 0. The standard InChI is InChI=1S/C11H12ClN5/c1-6-3-4-8(5-9(6)13)16-11-15-7(2)14-10(12)17-11/h3-5H,13H2,1-2H3,(H,14,15,16,17). The third-order valence-corrected chi connectivity index (χ3v) is 2.42. The van der Waals surface area contributed by atoms with Crippen LogP contribution in [-0.4, -0.2) is 15.0 Å². The number of halogens is 1. The highest BCUT2D eigenvalue weighted by Gasteiger charge is 2.03. The fraction of sp³-hybridized carbons (Fsp3) is 0.182. The molecule has 0 fully saturated rings. The molecular weight excluding hydrogens is 238 g/mol. The minimum Gasteiger partial charge on any atom is -0.398 e. The molecule has 17 heavy (non-hydrogen) atoms. The number of nitrogens with zero attached hydrogens (tertiary/aromatic N) is 3. The van der Waals surface area contributed by atoms with Gasteiger partial charge in [0.2, 0.25) is 11.2 Å². The molecule has 1 heterocycles. The van der Waals surface area contributed by atoms with Gasteiger partial charge in [-0.1, -0.05) is 6.07 Å². The Hall–Kier alpha value is -1.88. The molecule has 0 bridgehead atoms. The molecule has 1 aromatic carbocycles. The fourth-order valence-corrected chi connectivity index (χ4v) is 1.55. The number of anilines is 3. The van der Waals surface area contributed by atoms with Crippen molar-refractivity contribution < 1.29 is 0 Å². The van der Waals surface area contributed by atoms with E-state index in [1.807, 2.05) is 25.1 Å². The van der Waals surface area contributed by atoms with E-state index in [1.165, 1.54) is 0 Å². The molecule has 2 rings (SSSR count). The van der Waals surface area contributed by atoms with Crippen LogP contribution in [-0.2, 0) is 0 Å². The molecule has 6 heteroatoms. The minimum atomic E-state index is 0.167. The van der Waals surface area contributed by atoms with Crippen molar-refractivity contribution in [1.29, 1.82) is 0 Å². The predicted molar refractivity (Wildman–Crippen MR) is 68.4 cm³/mol. The molecule has 0 saturated carbocycles. The average molecular weight is 250 g/mol. The first kappa shape index (κ1) is 11.6. The molecule has 0 aliphatic carbocycles. The molecule has 3 N–H and O–H groups in total. The number of nitrogens with two attached hydrogens (primary N) is 1. The lowest BCUT2D eigenvalue weighted by molar-refractivity contribution is 0.982. The maximum atomic E-state index is 5.81. The van der Waals surface area contributed by atoms with Crippen LogP contribution < -0.4 is 11.1 Å². The van der Waals surface area contributed by atoms with E-state index in [9.17, 15) is 0 Å². The van der Waals surface area contributed by atoms with Gasteiger partial charge in [0.25, 0.3) is 0 Å². The summed E-state index contributed by atoms with van der Waals surface area (Å²) in [5, 5.41) is 3.19. The van der Waals surface area contributed by atoms with E-state index < -0.39 is 0 Å². The van der Waals surface area contributed by atoms with Gasteiger partial charge in [0.05, 0.1) is 0 Å². The van der Waals surface area contributed by atoms with E-state index in [2.05, 4.69) is 20.3 Å². The fourth-order valence-electron chi connectivity index (χ4n) is 1.35. The Bertz CT molecular complexity index is 535. The van der Waals surface area contributed by atoms with Crippen molar-refractivity contribution in [2.45, 2.75) is 13.8 Å². The van der Waals surface area contributed by atoms with Crippen LogP contribution in [0, 0.1) is 13.8 Å². The molecule has 2 aromatic rings. The number of rotatable bonds is 2. The zero-order valence-corrected chi connectivity index (χ0v) is 10.3. The highest BCUT2D eigenvalue weighted by atomic mass is 35.5. The van der Waals surface area contributed by atoms with Crippen molar-refractivity contribution >= 4 is 28.9 Å². The Morgan fingerprint density at radius 1 is 1.18 bits per heavy atom. The van der Waals surface area contributed by atoms with E-state index >= 15 is 0 Å². The number of aryl methyl sites for hydroxylation is 2. The summed E-state index contributed by atoms with van der Waals surface area (Å²) in [5.41, 5.74) is 8.37. The maximum Gasteiger partial charge on any atom is 0.231 e. The number of nitrogens with one attached hydrogen (secondary N) is 1. The summed E-state index contributed by atoms with van der Waals surface area (Å²) in [6, 6.07) is 5.65. The average Bonchev–Trinajstić information content (AvgIpc) is 2.22. The second-order valence-corrected chi connectivity index (χ2v) is 4.01. The van der Waals surface area contributed by atoms with Crippen molar-refractivity contribution in [3.63, 3.8) is 0 Å². The van der Waals surface area contributed by atoms with Gasteiger partial charge in [-0.05, 0) is 43.1 Å². The molecule has 0 atom stereocenters. The van der Waals surface area contributed by atoms with Gasteiger partial charge in [0, 0.05) is 11.4 Å². The first-order valence-electron chi connectivity index (χ1n) is 5.06. The van der Waals surface area contributed by atoms with E-state index in [0.29, 0.717) is 17.5 Å². The SMILES string of the molecule is Cc1nc(Cl)nc(Nc2ccc(C)c(N)c2)n1. The van der Waals surface area contributed by atoms with Crippen LogP contribution in [0.4, 0.5) is 17.3 Å². The summed E-state index contributed by atoms with van der Waals surface area (Å²) in [4.78, 5) is 12.0. The lowest BCUT2D eigenvalue weighted by Gasteiger charge is -2.07. The molecule has 0 aliphatic heterocycles. The molecule has 0 amide bonds. The maximum absolute atomic E-state index is 5.81. The van der Waals surface area contributed by atoms with Gasteiger partial charge in [-0.2, -0.15) is 9.97 Å². The summed E-state index contributed by atoms with van der Waals surface area (Å²) < 4.78 is 0. The Balaban J connectivity index is 2.28. The first-order valence-corrected chi connectivity index (χ1v) is 5.44. The van der Waals surface area contributed by atoms with Crippen LogP contribution in [0.3, 0.4) is 0 Å². The van der Waals surface area contributed by atoms with Crippen LogP contribution in [0.25, 0.3) is 0 Å². The summed E-state index contributed by atoms with van der Waals surface area (Å²) in [6.45, 7) is 3.70. The predicted octanol–water partition coefficient (Wildman–Crippen LogP) is 2.47. The van der Waals surface area contributed by atoms with Crippen LogP contribution in [0.2, 0.25) is 5.28 Å². The monoisotopic (exact) mass is 249 g/mol. The number of hydrogen-bond acceptors (Lipinski definition) is 5. The quantitative estimate of drug-likeness (QED) is 0.800. The van der Waals surface area contributed by atoms with Crippen LogP contribution in [0.1, 0.15) is 11.4 Å². The molecule has 0 aliphatic rings. The lowest BCUT2D eigenvalue weighted by Crippen LogP contribution is -2.01. The third-order valence-electron chi connectivity index (χ3n) is 2.26. The summed E-state index contributed by atoms with van der Waals surface area (Å²) >= 11 is 5.75. The van der Waals surface area contributed by atoms with Gasteiger partial charge in [-0.3, -0.25) is 0 Å². The Labute approximate surface area is 104 Å². The second kappa shape index (κ2) is 4.55. The molecule has 88 valence electrons. The van der Waals surface area contributed by atoms with Gasteiger partial charge in [-0.25, -0.2) is 4.98 Å². The van der Waals surface area contributed by atoms with Gasteiger partial charge in [0.15, 0.2) is 0 Å². The molecule has 0 saturated heterocycles. The largest absolute Gasteiger partial charge is 0.398 e. The number of aromatic nitrogens is 3. The second-order valence-electron chi connectivity index (χ2n) is 3.67. The van der Waals surface area contributed by atoms with Crippen LogP contribution in [0.5, 0.6) is 0 Å². The van der Waals surface area contributed by atoms with Crippen LogP contribution in [0.15, 0.2) is 18.2 Å². The highest BCUT2D eigenvalue weighted by molar-refractivity contribution is 6.28. The summed E-state index contributed by atoms with van der Waals surface area (Å²) in [7, 11) is 0. The number of nitrogen functional groups attached to an aromatic ring is 1. The van der Waals surface area contributed by atoms with Crippen molar-refractivity contribution in [1.82, 2.24) is 15.0 Å². The third kappa shape index (κ3) is 2.82. The zero-order valence-electron chi connectivity index (χ0n) is 9.53. The smallest absolute Gasteiger partial charge is 0.231 e. The van der Waals surface area contributed by atoms with E-state index in [-0.39, 0.29) is 5.28 Å². The van der Waals surface area contributed by atoms with Crippen molar-refractivity contribution in [3.05, 3.63) is 34.9 Å². The molecule has 0 unspecified atom stereocenters. The molecular formula is C11H12ClN5. The molecule has 1 aromatic heterocycles. The summed E-state index contributed by atoms with van der Waals surface area (Å²) in [5.74, 6) is 0.971. The number of hydrogen-bond donors (Lipinski definition) is 2. The van der Waals surface area contributed by atoms with Crippen LogP contribution >= 0.6 is 11.6 Å². The van der Waals surface area contributed by atoms with E-state index in [4.69, 9.17) is 17.3 Å². The lowest BCUT2D eigenvalue weighted by atomic mass is 10.2. The molecule has 5 nitrogen and oxygen atoms in total. The van der Waals surface area contributed by atoms with Gasteiger partial charge in [-0.15, -0.1) is 0 Å². The molecule has 0 spiro atoms. The normalized spacial score (nSPS) is 10.3. The van der Waals surface area contributed by atoms with Gasteiger partial charge in [0.1, 0.15) is 5.82 Å². The highest BCUT2D eigenvalue weighted by Crippen LogP contribution is 2.19. The number of benzene rings is 1. The zero-order chi connectivity index (χ0) is 12.4. The minimum absolute atomic E-state index is 0.167. The Morgan fingerprint density at radius 3 is 2.59 bits per heavy atom. The topological polar surface area (TPSA) is 76.7 Å². The van der Waals surface area contributed by atoms with Crippen molar-refractivity contribution in [2.75, 3.05) is 11.1 Å². The van der Waals surface area contributed by atoms with E-state index in [0.717, 1.165) is 11.3 Å². The Kier molecular flexibility index (Phi) is 3.10. The van der Waals surface area contributed by atoms with Gasteiger partial charge < -0.3 is 11.1 Å². The Morgan fingerprint density at radius 2 is 1.94 bits per heavy atom. The van der Waals surface area contributed by atoms with E-state index in [1.54, 1.807) is 6.92 Å². The van der Waals surface area contributed by atoms with Crippen molar-refractivity contribution in [3.8, 4) is 0 Å².